The third-order valence-electron chi connectivity index (χ3n) is 3.12. The second-order valence-electron chi connectivity index (χ2n) is 4.78. The Hall–Kier alpha value is -2.69. The maximum absolute atomic E-state index is 12.4. The van der Waals surface area contributed by atoms with Gasteiger partial charge in [0.1, 0.15) is 0 Å². The SMILES string of the molecule is Cc1cc(-c2cccnc2)n2nc(OS(=O)(=O)C(F)(F)F)ncc12. The first-order valence-corrected chi connectivity index (χ1v) is 7.86. The predicted molar refractivity (Wildman–Crippen MR) is 76.6 cm³/mol. The number of aryl methyl sites for hydroxylation is 1. The van der Waals surface area contributed by atoms with Gasteiger partial charge in [0.2, 0.25) is 0 Å². The van der Waals surface area contributed by atoms with Crippen LogP contribution in [0.4, 0.5) is 13.2 Å². The first-order chi connectivity index (χ1) is 11.2. The molecule has 0 atom stereocenters. The van der Waals surface area contributed by atoms with Crippen LogP contribution in [0.3, 0.4) is 0 Å². The second-order valence-corrected chi connectivity index (χ2v) is 6.31. The number of aromatic nitrogens is 4. The molecule has 0 aliphatic rings. The summed E-state index contributed by atoms with van der Waals surface area (Å²) in [5.41, 5.74) is -3.18. The molecule has 7 nitrogen and oxygen atoms in total. The van der Waals surface area contributed by atoms with Gasteiger partial charge in [-0.15, -0.1) is 5.10 Å². The molecule has 3 heterocycles. The molecule has 3 rings (SSSR count). The van der Waals surface area contributed by atoms with E-state index in [0.717, 1.165) is 5.56 Å². The zero-order valence-electron chi connectivity index (χ0n) is 12.0. The van der Waals surface area contributed by atoms with E-state index < -0.39 is 21.6 Å². The van der Waals surface area contributed by atoms with Crippen LogP contribution in [-0.2, 0) is 10.1 Å². The highest BCUT2D eigenvalue weighted by molar-refractivity contribution is 7.87. The second kappa shape index (κ2) is 5.44. The van der Waals surface area contributed by atoms with Crippen LogP contribution in [0.5, 0.6) is 6.01 Å². The summed E-state index contributed by atoms with van der Waals surface area (Å²) in [5.74, 6) is 0. The van der Waals surface area contributed by atoms with E-state index in [1.165, 1.54) is 16.9 Å². The fourth-order valence-corrected chi connectivity index (χ4v) is 2.40. The van der Waals surface area contributed by atoms with Crippen molar-refractivity contribution in [1.82, 2.24) is 19.6 Å². The van der Waals surface area contributed by atoms with Crippen molar-refractivity contribution in [3.8, 4) is 17.3 Å². The van der Waals surface area contributed by atoms with Gasteiger partial charge in [-0.05, 0) is 30.7 Å². The molecule has 0 aliphatic heterocycles. The molecule has 0 unspecified atom stereocenters. The van der Waals surface area contributed by atoms with Gasteiger partial charge in [0.05, 0.1) is 17.4 Å². The van der Waals surface area contributed by atoms with Gasteiger partial charge in [0, 0.05) is 18.0 Å². The van der Waals surface area contributed by atoms with E-state index in [0.29, 0.717) is 16.8 Å². The maximum Gasteiger partial charge on any atom is 0.534 e. The summed E-state index contributed by atoms with van der Waals surface area (Å²) in [5, 5.41) is 3.75. The summed E-state index contributed by atoms with van der Waals surface area (Å²) in [6, 6.07) is 4.20. The van der Waals surface area contributed by atoms with Gasteiger partial charge in [-0.3, -0.25) is 4.98 Å². The van der Waals surface area contributed by atoms with E-state index in [-0.39, 0.29) is 0 Å². The van der Waals surface area contributed by atoms with Crippen LogP contribution in [0, 0.1) is 6.92 Å². The molecule has 0 saturated carbocycles. The van der Waals surface area contributed by atoms with Crippen LogP contribution in [0.25, 0.3) is 16.8 Å². The fourth-order valence-electron chi connectivity index (χ4n) is 2.03. The zero-order chi connectivity index (χ0) is 17.5. The van der Waals surface area contributed by atoms with Crippen LogP contribution in [-0.4, -0.2) is 33.5 Å². The molecule has 0 fully saturated rings. The van der Waals surface area contributed by atoms with Crippen molar-refractivity contribution in [3.63, 3.8) is 0 Å². The molecular formula is C13H9F3N4O3S. The summed E-state index contributed by atoms with van der Waals surface area (Å²) in [4.78, 5) is 7.48. The Kier molecular flexibility index (Phi) is 3.67. The molecule has 0 amide bonds. The Morgan fingerprint density at radius 2 is 2.00 bits per heavy atom. The average Bonchev–Trinajstić information content (AvgIpc) is 2.83. The number of alkyl halides is 3. The van der Waals surface area contributed by atoms with Gasteiger partial charge >= 0.3 is 21.6 Å². The van der Waals surface area contributed by atoms with Crippen molar-refractivity contribution in [2.24, 2.45) is 0 Å². The monoisotopic (exact) mass is 358 g/mol. The fraction of sp³-hybridized carbons (Fsp3) is 0.154. The Labute approximate surface area is 133 Å². The maximum atomic E-state index is 12.4. The standard InChI is InChI=1S/C13H9F3N4O3S/c1-8-5-10(9-3-2-4-17-6-9)20-11(8)7-18-12(19-20)23-24(21,22)13(14,15)16/h2-7H,1H3. The largest absolute Gasteiger partial charge is 0.534 e. The molecule has 126 valence electrons. The predicted octanol–water partition coefficient (Wildman–Crippen LogP) is 2.33. The molecule has 11 heteroatoms. The highest BCUT2D eigenvalue weighted by Crippen LogP contribution is 2.27. The van der Waals surface area contributed by atoms with Gasteiger partial charge in [-0.1, -0.05) is 0 Å². The van der Waals surface area contributed by atoms with Crippen LogP contribution in [0.2, 0.25) is 0 Å². The molecule has 3 aromatic heterocycles. The van der Waals surface area contributed by atoms with Gasteiger partial charge in [-0.2, -0.15) is 26.6 Å². The third kappa shape index (κ3) is 2.77. The molecule has 24 heavy (non-hydrogen) atoms. The van der Waals surface area contributed by atoms with Crippen molar-refractivity contribution in [2.75, 3.05) is 0 Å². The summed E-state index contributed by atoms with van der Waals surface area (Å²) >= 11 is 0. The van der Waals surface area contributed by atoms with E-state index in [2.05, 4.69) is 19.2 Å². The first kappa shape index (κ1) is 16.2. The van der Waals surface area contributed by atoms with Crippen molar-refractivity contribution in [2.45, 2.75) is 12.4 Å². The van der Waals surface area contributed by atoms with E-state index in [1.54, 1.807) is 31.3 Å². The number of rotatable bonds is 3. The topological polar surface area (TPSA) is 86.5 Å². The summed E-state index contributed by atoms with van der Waals surface area (Å²) < 4.78 is 64.5. The van der Waals surface area contributed by atoms with Crippen LogP contribution < -0.4 is 4.18 Å². The van der Waals surface area contributed by atoms with Gasteiger partial charge in [0.25, 0.3) is 0 Å². The molecule has 0 aromatic carbocycles. The lowest BCUT2D eigenvalue weighted by Gasteiger charge is -2.08. The highest BCUT2D eigenvalue weighted by atomic mass is 32.2. The normalized spacial score (nSPS) is 12.5. The molecule has 0 aliphatic carbocycles. The van der Waals surface area contributed by atoms with E-state index in [1.807, 2.05) is 0 Å². The lowest BCUT2D eigenvalue weighted by atomic mass is 10.2. The Morgan fingerprint density at radius 1 is 1.25 bits per heavy atom. The lowest BCUT2D eigenvalue weighted by molar-refractivity contribution is -0.0503. The lowest BCUT2D eigenvalue weighted by Crippen LogP contribution is -2.28. The summed E-state index contributed by atoms with van der Waals surface area (Å²) in [7, 11) is -5.84. The Balaban J connectivity index is 2.11. The molecule has 0 radical (unpaired) electrons. The quantitative estimate of drug-likeness (QED) is 0.528. The van der Waals surface area contributed by atoms with Crippen LogP contribution in [0.1, 0.15) is 5.56 Å². The Bertz CT molecular complexity index is 1000. The van der Waals surface area contributed by atoms with Gasteiger partial charge in [0.15, 0.2) is 0 Å². The number of hydrogen-bond donors (Lipinski definition) is 0. The number of fused-ring (bicyclic) bond motifs is 1. The number of pyridine rings is 1. The van der Waals surface area contributed by atoms with Crippen LogP contribution >= 0.6 is 0 Å². The van der Waals surface area contributed by atoms with Crippen molar-refractivity contribution in [3.05, 3.63) is 42.4 Å². The minimum atomic E-state index is -5.84. The van der Waals surface area contributed by atoms with Crippen molar-refractivity contribution < 1.29 is 25.8 Å². The van der Waals surface area contributed by atoms with E-state index >= 15 is 0 Å². The Morgan fingerprint density at radius 3 is 2.62 bits per heavy atom. The number of halogens is 3. The molecule has 3 aromatic rings. The smallest absolute Gasteiger partial charge is 0.335 e. The van der Waals surface area contributed by atoms with Crippen LogP contribution in [0.15, 0.2) is 36.8 Å². The minimum absolute atomic E-state index is 0.491. The molecule has 0 saturated heterocycles. The third-order valence-corrected chi connectivity index (χ3v) is 4.06. The zero-order valence-corrected chi connectivity index (χ0v) is 12.8. The van der Waals surface area contributed by atoms with Gasteiger partial charge in [-0.25, -0.2) is 4.52 Å². The molecule has 0 bridgehead atoms. The summed E-state index contributed by atoms with van der Waals surface area (Å²) in [6.07, 6.45) is 4.28. The van der Waals surface area contributed by atoms with E-state index in [9.17, 15) is 21.6 Å². The molecular weight excluding hydrogens is 349 g/mol. The minimum Gasteiger partial charge on any atom is -0.335 e. The first-order valence-electron chi connectivity index (χ1n) is 6.45. The van der Waals surface area contributed by atoms with Gasteiger partial charge < -0.3 is 4.18 Å². The summed E-state index contributed by atoms with van der Waals surface area (Å²) in [6.45, 7) is 1.76. The highest BCUT2D eigenvalue weighted by Gasteiger charge is 2.49. The van der Waals surface area contributed by atoms with Crippen molar-refractivity contribution >= 4 is 15.6 Å². The van der Waals surface area contributed by atoms with Crippen molar-refractivity contribution in [1.29, 1.82) is 0 Å². The molecule has 0 N–H and O–H groups in total. The average molecular weight is 358 g/mol. The number of nitrogens with zero attached hydrogens (tertiary/aromatic N) is 4. The number of hydrogen-bond acceptors (Lipinski definition) is 6. The molecule has 0 spiro atoms. The van der Waals surface area contributed by atoms with E-state index in [4.69, 9.17) is 0 Å².